The van der Waals surface area contributed by atoms with Crippen LogP contribution in [0.5, 0.6) is 0 Å². The van der Waals surface area contributed by atoms with Gasteiger partial charge in [0.1, 0.15) is 11.0 Å². The van der Waals surface area contributed by atoms with Crippen LogP contribution >= 0.6 is 22.9 Å². The molecule has 0 aliphatic heterocycles. The topological polar surface area (TPSA) is 101 Å². The highest BCUT2D eigenvalue weighted by Crippen LogP contribution is 2.28. The molecule has 1 heterocycles. The van der Waals surface area contributed by atoms with Gasteiger partial charge in [0.25, 0.3) is 0 Å². The number of aryl methyl sites for hydroxylation is 3. The molecule has 4 aromatic rings. The maximum atomic E-state index is 13.4. The van der Waals surface area contributed by atoms with E-state index in [1.807, 2.05) is 61.5 Å². The van der Waals surface area contributed by atoms with E-state index in [9.17, 15) is 13.2 Å². The van der Waals surface area contributed by atoms with Crippen LogP contribution in [-0.2, 0) is 21.2 Å². The van der Waals surface area contributed by atoms with E-state index in [1.165, 1.54) is 11.3 Å². The molecule has 1 amide bonds. The molecule has 1 aromatic heterocycles. The van der Waals surface area contributed by atoms with Gasteiger partial charge in [0.05, 0.1) is 4.90 Å². The predicted octanol–water partition coefficient (Wildman–Crippen LogP) is 5.31. The summed E-state index contributed by atoms with van der Waals surface area (Å²) in [5.74, 6) is -0.524. The number of aromatic nitrogens is 2. The number of sulfonamides is 1. The highest BCUT2D eigenvalue weighted by atomic mass is 35.5. The molecule has 0 saturated carbocycles. The molecular formula is C26H25ClN4O3S2. The van der Waals surface area contributed by atoms with Crippen LogP contribution < -0.4 is 10.0 Å². The monoisotopic (exact) mass is 540 g/mol. The largest absolute Gasteiger partial charge is 0.299 e. The Bertz CT molecular complexity index is 1460. The Kier molecular flexibility index (Phi) is 7.85. The Morgan fingerprint density at radius 1 is 0.972 bits per heavy atom. The normalized spacial score (nSPS) is 12.3. The van der Waals surface area contributed by atoms with Crippen molar-refractivity contribution in [3.8, 4) is 10.6 Å². The van der Waals surface area contributed by atoms with E-state index in [-0.39, 0.29) is 16.4 Å². The van der Waals surface area contributed by atoms with Gasteiger partial charge in [-0.2, -0.15) is 4.72 Å². The first-order valence-electron chi connectivity index (χ1n) is 11.2. The molecule has 0 saturated heterocycles. The zero-order chi connectivity index (χ0) is 25.9. The number of halogens is 1. The average molecular weight is 541 g/mol. The summed E-state index contributed by atoms with van der Waals surface area (Å²) in [6, 6.07) is 18.9. The summed E-state index contributed by atoms with van der Waals surface area (Å²) in [4.78, 5) is 13.5. The van der Waals surface area contributed by atoms with E-state index in [0.717, 1.165) is 16.7 Å². The van der Waals surface area contributed by atoms with Crippen molar-refractivity contribution in [2.45, 2.75) is 38.1 Å². The second-order valence-corrected chi connectivity index (χ2v) is 11.6. The molecular weight excluding hydrogens is 516 g/mol. The number of nitrogens with zero attached hydrogens (tertiary/aromatic N) is 2. The van der Waals surface area contributed by atoms with E-state index in [1.54, 1.807) is 26.0 Å². The maximum Gasteiger partial charge on any atom is 0.244 e. The lowest BCUT2D eigenvalue weighted by molar-refractivity contribution is -0.117. The molecule has 0 bridgehead atoms. The van der Waals surface area contributed by atoms with E-state index >= 15 is 0 Å². The maximum absolute atomic E-state index is 13.4. The lowest BCUT2D eigenvalue weighted by atomic mass is 10.1. The van der Waals surface area contributed by atoms with Crippen LogP contribution in [-0.4, -0.2) is 30.6 Å². The summed E-state index contributed by atoms with van der Waals surface area (Å²) in [6.07, 6.45) is 0.165. The van der Waals surface area contributed by atoms with Crippen molar-refractivity contribution in [1.82, 2.24) is 14.9 Å². The van der Waals surface area contributed by atoms with Gasteiger partial charge in [-0.15, -0.1) is 10.2 Å². The third-order valence-electron chi connectivity index (χ3n) is 5.52. The number of hydrogen-bond donors (Lipinski definition) is 2. The van der Waals surface area contributed by atoms with Crippen LogP contribution in [0.1, 0.15) is 22.3 Å². The number of hydrogen-bond acceptors (Lipinski definition) is 6. The molecule has 186 valence electrons. The molecule has 1 atom stereocenters. The molecule has 0 unspecified atom stereocenters. The van der Waals surface area contributed by atoms with Crippen LogP contribution in [0.2, 0.25) is 5.02 Å². The number of nitrogens with one attached hydrogen (secondary N) is 2. The van der Waals surface area contributed by atoms with Gasteiger partial charge < -0.3 is 0 Å². The van der Waals surface area contributed by atoms with Crippen LogP contribution in [0.15, 0.2) is 71.6 Å². The van der Waals surface area contributed by atoms with Crippen LogP contribution in [0.4, 0.5) is 5.13 Å². The minimum atomic E-state index is -3.99. The van der Waals surface area contributed by atoms with Crippen molar-refractivity contribution in [2.24, 2.45) is 0 Å². The summed E-state index contributed by atoms with van der Waals surface area (Å²) < 4.78 is 29.5. The minimum Gasteiger partial charge on any atom is -0.299 e. The van der Waals surface area contributed by atoms with Gasteiger partial charge in [0, 0.05) is 10.6 Å². The van der Waals surface area contributed by atoms with Gasteiger partial charge in [0.2, 0.25) is 21.1 Å². The number of carbonyl (C=O) groups excluding carboxylic acids is 1. The number of rotatable bonds is 8. The molecule has 4 rings (SSSR count). The third-order valence-corrected chi connectivity index (χ3v) is 8.43. The molecule has 10 heteroatoms. The predicted molar refractivity (Wildman–Crippen MR) is 144 cm³/mol. The number of anilines is 1. The third kappa shape index (κ3) is 6.17. The molecule has 0 aliphatic rings. The van der Waals surface area contributed by atoms with Crippen molar-refractivity contribution in [3.05, 3.63) is 94.0 Å². The SMILES string of the molecule is Cc1cc(C)c(S(=O)(=O)N[C@H](Cc2ccccc2)C(=O)Nc2nnc(-c3ccc(Cl)cc3)s2)c(C)c1. The molecule has 2 N–H and O–H groups in total. The summed E-state index contributed by atoms with van der Waals surface area (Å²) >= 11 is 7.14. The standard InChI is InChI=1S/C26H25ClN4O3S2/c1-16-13-17(2)23(18(3)14-16)36(33,34)31-22(15-19-7-5-4-6-8-19)24(32)28-26-30-29-25(35-26)20-9-11-21(27)12-10-20/h4-14,22,31H,15H2,1-3H3,(H,28,30,32)/t22-/m1/s1. The Labute approximate surface area is 219 Å². The summed E-state index contributed by atoms with van der Waals surface area (Å²) in [5, 5.41) is 12.4. The lowest BCUT2D eigenvalue weighted by Crippen LogP contribution is -2.45. The van der Waals surface area contributed by atoms with Crippen LogP contribution in [0.3, 0.4) is 0 Å². The lowest BCUT2D eigenvalue weighted by Gasteiger charge is -2.20. The fourth-order valence-corrected chi connectivity index (χ4v) is 6.58. The molecule has 7 nitrogen and oxygen atoms in total. The molecule has 0 fully saturated rings. The Morgan fingerprint density at radius 3 is 2.25 bits per heavy atom. The molecule has 3 aromatic carbocycles. The van der Waals surface area contributed by atoms with Crippen molar-refractivity contribution >= 4 is 44.0 Å². The van der Waals surface area contributed by atoms with E-state index in [4.69, 9.17) is 11.6 Å². The quantitative estimate of drug-likeness (QED) is 0.315. The van der Waals surface area contributed by atoms with Crippen LogP contribution in [0, 0.1) is 20.8 Å². The first-order chi connectivity index (χ1) is 17.1. The van der Waals surface area contributed by atoms with Crippen molar-refractivity contribution in [1.29, 1.82) is 0 Å². The molecule has 0 spiro atoms. The van der Waals surface area contributed by atoms with Gasteiger partial charge >= 0.3 is 0 Å². The number of carbonyl (C=O) groups is 1. The summed E-state index contributed by atoms with van der Waals surface area (Å²) in [5.41, 5.74) is 3.84. The number of amides is 1. The first-order valence-corrected chi connectivity index (χ1v) is 13.8. The number of benzene rings is 3. The highest BCUT2D eigenvalue weighted by Gasteiger charge is 2.29. The average Bonchev–Trinajstić information content (AvgIpc) is 3.27. The fraction of sp³-hybridized carbons (Fsp3) is 0.192. The Morgan fingerprint density at radius 2 is 1.61 bits per heavy atom. The van der Waals surface area contributed by atoms with E-state index in [2.05, 4.69) is 20.2 Å². The Hall–Kier alpha value is -3.11. The van der Waals surface area contributed by atoms with Gasteiger partial charge in [-0.1, -0.05) is 83.1 Å². The van der Waals surface area contributed by atoms with Gasteiger partial charge in [-0.3, -0.25) is 10.1 Å². The Balaban J connectivity index is 1.60. The first kappa shape index (κ1) is 26.0. The van der Waals surface area contributed by atoms with Crippen molar-refractivity contribution in [2.75, 3.05) is 5.32 Å². The molecule has 0 radical (unpaired) electrons. The smallest absolute Gasteiger partial charge is 0.244 e. The van der Waals surface area contributed by atoms with Gasteiger partial charge in [0.15, 0.2) is 0 Å². The van der Waals surface area contributed by atoms with Crippen LogP contribution in [0.25, 0.3) is 10.6 Å². The minimum absolute atomic E-state index is 0.165. The molecule has 36 heavy (non-hydrogen) atoms. The van der Waals surface area contributed by atoms with Gasteiger partial charge in [-0.05, 0) is 56.0 Å². The summed E-state index contributed by atoms with van der Waals surface area (Å²) in [7, 11) is -3.99. The zero-order valence-corrected chi connectivity index (χ0v) is 22.3. The van der Waals surface area contributed by atoms with Crippen molar-refractivity contribution in [3.63, 3.8) is 0 Å². The van der Waals surface area contributed by atoms with Crippen molar-refractivity contribution < 1.29 is 13.2 Å². The molecule has 0 aliphatic carbocycles. The highest BCUT2D eigenvalue weighted by molar-refractivity contribution is 7.89. The van der Waals surface area contributed by atoms with E-state index in [0.29, 0.717) is 21.2 Å². The second kappa shape index (κ2) is 10.9. The fourth-order valence-electron chi connectivity index (χ4n) is 4.05. The zero-order valence-electron chi connectivity index (χ0n) is 19.9. The van der Waals surface area contributed by atoms with Gasteiger partial charge in [-0.25, -0.2) is 8.42 Å². The second-order valence-electron chi connectivity index (χ2n) is 8.50. The van der Waals surface area contributed by atoms with E-state index < -0.39 is 22.0 Å². The summed E-state index contributed by atoms with van der Waals surface area (Å²) in [6.45, 7) is 5.41.